The molecule has 0 aromatic heterocycles. The van der Waals surface area contributed by atoms with Crippen LogP contribution in [0.15, 0.2) is 59.6 Å². The molecule has 0 radical (unpaired) electrons. The predicted molar refractivity (Wildman–Crippen MR) is 133 cm³/mol. The number of rotatable bonds is 8. The first-order valence-electron chi connectivity index (χ1n) is 11.4. The summed E-state index contributed by atoms with van der Waals surface area (Å²) >= 11 is 1.37. The van der Waals surface area contributed by atoms with E-state index in [2.05, 4.69) is 15.2 Å². The van der Waals surface area contributed by atoms with Crippen molar-refractivity contribution in [3.05, 3.63) is 60.2 Å². The molecule has 2 aromatic carbocycles. The van der Waals surface area contributed by atoms with Gasteiger partial charge in [0, 0.05) is 37.8 Å². The fraction of sp³-hybridized carbons (Fsp3) is 0.360. The van der Waals surface area contributed by atoms with Crippen LogP contribution >= 0.6 is 11.8 Å². The number of benzene rings is 2. The zero-order chi connectivity index (χ0) is 23.9. The van der Waals surface area contributed by atoms with Crippen LogP contribution in [0, 0.1) is 0 Å². The van der Waals surface area contributed by atoms with Crippen molar-refractivity contribution in [2.45, 2.75) is 24.5 Å². The molecule has 4 rings (SSSR count). The first-order valence-corrected chi connectivity index (χ1v) is 12.2. The number of amidine groups is 1. The molecule has 3 amide bonds. The number of carbonyl (C=O) groups is 3. The molecule has 1 unspecified atom stereocenters. The number of likely N-dealkylation sites (N-methyl/N-ethyl adjacent to an activating group) is 1. The number of amides is 3. The van der Waals surface area contributed by atoms with Crippen LogP contribution in [0.1, 0.15) is 29.6 Å². The highest BCUT2D eigenvalue weighted by Crippen LogP contribution is 2.29. The molecule has 9 heteroatoms. The molecule has 0 spiro atoms. The van der Waals surface area contributed by atoms with Crippen LogP contribution in [0.25, 0.3) is 0 Å². The number of nitrogens with one attached hydrogen (secondary N) is 1. The van der Waals surface area contributed by atoms with Crippen molar-refractivity contribution in [1.29, 1.82) is 0 Å². The molecular formula is C25H28N4O4S. The maximum atomic E-state index is 12.7. The van der Waals surface area contributed by atoms with Crippen molar-refractivity contribution < 1.29 is 19.1 Å². The van der Waals surface area contributed by atoms with E-state index in [1.54, 1.807) is 36.2 Å². The number of ether oxygens (including phenoxy) is 1. The maximum absolute atomic E-state index is 12.7. The van der Waals surface area contributed by atoms with Gasteiger partial charge in [0.1, 0.15) is 17.6 Å². The Morgan fingerprint density at radius 2 is 1.82 bits per heavy atom. The fourth-order valence-electron chi connectivity index (χ4n) is 3.77. The van der Waals surface area contributed by atoms with Crippen molar-refractivity contribution >= 4 is 40.3 Å². The van der Waals surface area contributed by atoms with Gasteiger partial charge in [-0.25, -0.2) is 0 Å². The Bertz CT molecular complexity index is 1050. The highest BCUT2D eigenvalue weighted by atomic mass is 32.2. The Balaban J connectivity index is 1.22. The van der Waals surface area contributed by atoms with Gasteiger partial charge in [0.15, 0.2) is 5.17 Å². The minimum atomic E-state index is -0.483. The van der Waals surface area contributed by atoms with Crippen LogP contribution in [-0.4, -0.2) is 71.2 Å². The van der Waals surface area contributed by atoms with Crippen LogP contribution in [0.4, 0.5) is 5.69 Å². The quantitative estimate of drug-likeness (QED) is 0.624. The molecule has 0 aliphatic carbocycles. The molecule has 1 saturated heterocycles. The third kappa shape index (κ3) is 6.17. The number of hydrogen-bond acceptors (Lipinski definition) is 6. The Morgan fingerprint density at radius 1 is 1.12 bits per heavy atom. The smallest absolute Gasteiger partial charge is 0.262 e. The molecule has 1 N–H and O–H groups in total. The number of aliphatic imine (C=N–C) groups is 1. The van der Waals surface area contributed by atoms with E-state index in [0.29, 0.717) is 24.4 Å². The molecule has 2 heterocycles. The molecule has 178 valence electrons. The normalized spacial score (nSPS) is 17.4. The van der Waals surface area contributed by atoms with E-state index in [1.165, 1.54) is 11.8 Å². The van der Waals surface area contributed by atoms with E-state index in [1.807, 2.05) is 30.3 Å². The first kappa shape index (κ1) is 23.8. The van der Waals surface area contributed by atoms with Crippen LogP contribution in [-0.2, 0) is 9.59 Å². The molecule has 8 nitrogen and oxygen atoms in total. The monoisotopic (exact) mass is 480 g/mol. The third-order valence-corrected chi connectivity index (χ3v) is 6.89. The van der Waals surface area contributed by atoms with Gasteiger partial charge in [-0.1, -0.05) is 30.0 Å². The van der Waals surface area contributed by atoms with Gasteiger partial charge >= 0.3 is 0 Å². The second-order valence-electron chi connectivity index (χ2n) is 8.25. The molecular weight excluding hydrogens is 452 g/mol. The van der Waals surface area contributed by atoms with Gasteiger partial charge in [-0.3, -0.25) is 14.4 Å². The summed E-state index contributed by atoms with van der Waals surface area (Å²) in [6.07, 6.45) is 2.28. The van der Waals surface area contributed by atoms with E-state index in [0.717, 1.165) is 36.8 Å². The minimum absolute atomic E-state index is 0.0647. The number of likely N-dealkylation sites (tertiary alicyclic amines) is 1. The Labute approximate surface area is 203 Å². The summed E-state index contributed by atoms with van der Waals surface area (Å²) in [4.78, 5) is 45.2. The highest BCUT2D eigenvalue weighted by molar-refractivity contribution is 8.15. The summed E-state index contributed by atoms with van der Waals surface area (Å²) in [5.41, 5.74) is 1.10. The van der Waals surface area contributed by atoms with Crippen molar-refractivity contribution in [2.24, 2.45) is 4.99 Å². The average molecular weight is 481 g/mol. The molecule has 2 aliphatic heterocycles. The summed E-state index contributed by atoms with van der Waals surface area (Å²) in [6, 6.07) is 16.2. The molecule has 2 aromatic rings. The standard InChI is InChI=1S/C25H28N4O4S/c1-28(15-16-33-20-7-3-2-4-8-20)24(32)18-9-11-19(12-10-18)26-22(30)17-21-23(31)27-25(34-21)29-13-5-6-14-29/h2-4,7-12,21H,5-6,13-17H2,1H3,(H,26,30). The van der Waals surface area contributed by atoms with Crippen molar-refractivity contribution in [1.82, 2.24) is 9.80 Å². The summed E-state index contributed by atoms with van der Waals surface area (Å²) in [5.74, 6) is 0.134. The molecule has 1 atom stereocenters. The summed E-state index contributed by atoms with van der Waals surface area (Å²) < 4.78 is 5.65. The van der Waals surface area contributed by atoms with Crippen molar-refractivity contribution in [3.8, 4) is 5.75 Å². The molecule has 34 heavy (non-hydrogen) atoms. The fourth-order valence-corrected chi connectivity index (χ4v) is 4.89. The molecule has 2 aliphatic rings. The van der Waals surface area contributed by atoms with E-state index >= 15 is 0 Å². The first-order chi connectivity index (χ1) is 16.5. The number of thioether (sulfide) groups is 1. The van der Waals surface area contributed by atoms with Gasteiger partial charge in [-0.15, -0.1) is 0 Å². The lowest BCUT2D eigenvalue weighted by molar-refractivity contribution is -0.121. The van der Waals surface area contributed by atoms with Gasteiger partial charge in [0.05, 0.1) is 6.54 Å². The second kappa shape index (κ2) is 11.2. The van der Waals surface area contributed by atoms with Crippen molar-refractivity contribution in [3.63, 3.8) is 0 Å². The van der Waals surface area contributed by atoms with Crippen LogP contribution in [0.2, 0.25) is 0 Å². The average Bonchev–Trinajstić information content (AvgIpc) is 3.50. The van der Waals surface area contributed by atoms with Crippen molar-refractivity contribution in [2.75, 3.05) is 38.6 Å². The van der Waals surface area contributed by atoms with E-state index in [4.69, 9.17) is 4.74 Å². The predicted octanol–water partition coefficient (Wildman–Crippen LogP) is 3.26. The Kier molecular flexibility index (Phi) is 7.84. The number of anilines is 1. The zero-order valence-electron chi connectivity index (χ0n) is 19.1. The van der Waals surface area contributed by atoms with Crippen LogP contribution < -0.4 is 10.1 Å². The molecule has 0 saturated carbocycles. The second-order valence-corrected chi connectivity index (χ2v) is 9.42. The topological polar surface area (TPSA) is 91.3 Å². The largest absolute Gasteiger partial charge is 0.492 e. The lowest BCUT2D eigenvalue weighted by Gasteiger charge is -2.18. The minimum Gasteiger partial charge on any atom is -0.492 e. The SMILES string of the molecule is CN(CCOc1ccccc1)C(=O)c1ccc(NC(=O)CC2SC(N3CCCC3)=NC2=O)cc1. The van der Waals surface area contributed by atoms with Gasteiger partial charge in [-0.2, -0.15) is 4.99 Å². The summed E-state index contributed by atoms with van der Waals surface area (Å²) in [6.45, 7) is 2.67. The van der Waals surface area contributed by atoms with Crippen LogP contribution in [0.5, 0.6) is 5.75 Å². The van der Waals surface area contributed by atoms with E-state index < -0.39 is 5.25 Å². The number of para-hydroxylation sites is 1. The third-order valence-electron chi connectivity index (χ3n) is 5.68. The van der Waals surface area contributed by atoms with Gasteiger partial charge in [-0.05, 0) is 49.2 Å². The molecule has 0 bridgehead atoms. The lowest BCUT2D eigenvalue weighted by atomic mass is 10.1. The lowest BCUT2D eigenvalue weighted by Crippen LogP contribution is -2.30. The van der Waals surface area contributed by atoms with Gasteiger partial charge in [0.2, 0.25) is 5.91 Å². The highest BCUT2D eigenvalue weighted by Gasteiger charge is 2.33. The number of hydrogen-bond donors (Lipinski definition) is 1. The Morgan fingerprint density at radius 3 is 2.53 bits per heavy atom. The van der Waals surface area contributed by atoms with Crippen LogP contribution in [0.3, 0.4) is 0 Å². The van der Waals surface area contributed by atoms with E-state index in [9.17, 15) is 14.4 Å². The zero-order valence-corrected chi connectivity index (χ0v) is 19.9. The van der Waals surface area contributed by atoms with Gasteiger partial charge in [0.25, 0.3) is 11.8 Å². The van der Waals surface area contributed by atoms with Gasteiger partial charge < -0.3 is 19.9 Å². The van der Waals surface area contributed by atoms with E-state index in [-0.39, 0.29) is 24.1 Å². The summed E-state index contributed by atoms with van der Waals surface area (Å²) in [5, 5.41) is 3.06. The summed E-state index contributed by atoms with van der Waals surface area (Å²) in [7, 11) is 1.72. The number of carbonyl (C=O) groups excluding carboxylic acids is 3. The number of nitrogens with zero attached hydrogens (tertiary/aromatic N) is 3. The Hall–Kier alpha value is -3.33. The maximum Gasteiger partial charge on any atom is 0.262 e. The molecule has 1 fully saturated rings.